The number of halogens is 1. The lowest BCUT2D eigenvalue weighted by molar-refractivity contribution is 0.309. The summed E-state index contributed by atoms with van der Waals surface area (Å²) in [5.41, 5.74) is 1.63. The third-order valence-corrected chi connectivity index (χ3v) is 3.35. The molecule has 5 nitrogen and oxygen atoms in total. The van der Waals surface area contributed by atoms with Crippen LogP contribution in [0.4, 0.5) is 0 Å². The summed E-state index contributed by atoms with van der Waals surface area (Å²) in [5.74, 6) is 1.59. The molecule has 0 fully saturated rings. The van der Waals surface area contributed by atoms with Crippen LogP contribution >= 0.6 is 11.6 Å². The maximum absolute atomic E-state index is 5.85. The molecule has 3 rings (SSSR count). The van der Waals surface area contributed by atoms with Crippen molar-refractivity contribution in [1.29, 1.82) is 0 Å². The molecule has 0 saturated carbocycles. The molecule has 2 aromatic heterocycles. The molecule has 0 aliphatic heterocycles. The maximum Gasteiger partial charge on any atom is 0.169 e. The predicted molar refractivity (Wildman–Crippen MR) is 81.6 cm³/mol. The van der Waals surface area contributed by atoms with Crippen LogP contribution in [0.1, 0.15) is 19.8 Å². The van der Waals surface area contributed by atoms with Crippen molar-refractivity contribution >= 4 is 17.2 Å². The largest absolute Gasteiger partial charge is 0.494 e. The van der Waals surface area contributed by atoms with Gasteiger partial charge in [0.2, 0.25) is 0 Å². The lowest BCUT2D eigenvalue weighted by Crippen LogP contribution is -1.96. The Morgan fingerprint density at radius 2 is 2.00 bits per heavy atom. The van der Waals surface area contributed by atoms with E-state index in [1.54, 1.807) is 16.8 Å². The van der Waals surface area contributed by atoms with Crippen LogP contribution in [0, 0.1) is 0 Å². The van der Waals surface area contributed by atoms with Gasteiger partial charge in [0.1, 0.15) is 17.2 Å². The van der Waals surface area contributed by atoms with E-state index in [9.17, 15) is 0 Å². The number of unbranched alkanes of at least 4 members (excludes halogenated alkanes) is 1. The zero-order chi connectivity index (χ0) is 14.7. The van der Waals surface area contributed by atoms with Crippen LogP contribution in [-0.4, -0.2) is 26.2 Å². The molecular formula is C15H15ClN4O. The maximum atomic E-state index is 5.85. The number of nitrogens with zero attached hydrogens (tertiary/aromatic N) is 4. The molecule has 21 heavy (non-hydrogen) atoms. The Morgan fingerprint density at radius 3 is 2.76 bits per heavy atom. The summed E-state index contributed by atoms with van der Waals surface area (Å²) in [5, 5.41) is 8.69. The van der Waals surface area contributed by atoms with Gasteiger partial charge in [-0.25, -0.2) is 4.98 Å². The van der Waals surface area contributed by atoms with Gasteiger partial charge in [-0.1, -0.05) is 24.9 Å². The molecule has 0 N–H and O–H groups in total. The molecule has 0 unspecified atom stereocenters. The number of benzene rings is 1. The summed E-state index contributed by atoms with van der Waals surface area (Å²) in [6.45, 7) is 2.88. The van der Waals surface area contributed by atoms with Crippen molar-refractivity contribution in [2.75, 3.05) is 6.61 Å². The smallest absolute Gasteiger partial charge is 0.169 e. The third-order valence-electron chi connectivity index (χ3n) is 3.15. The van der Waals surface area contributed by atoms with Crippen LogP contribution in [0.2, 0.25) is 5.15 Å². The first kappa shape index (κ1) is 13.8. The molecule has 2 heterocycles. The monoisotopic (exact) mass is 302 g/mol. The number of hydrogen-bond donors (Lipinski definition) is 0. The highest BCUT2D eigenvalue weighted by Gasteiger charge is 2.08. The average Bonchev–Trinajstić information content (AvgIpc) is 2.91. The topological polar surface area (TPSA) is 52.3 Å². The molecule has 0 spiro atoms. The Labute approximate surface area is 127 Å². The summed E-state index contributed by atoms with van der Waals surface area (Å²) < 4.78 is 7.45. The zero-order valence-electron chi connectivity index (χ0n) is 11.7. The van der Waals surface area contributed by atoms with Crippen molar-refractivity contribution in [3.63, 3.8) is 0 Å². The molecule has 0 radical (unpaired) electrons. The van der Waals surface area contributed by atoms with Crippen LogP contribution in [0.15, 0.2) is 36.7 Å². The first-order valence-corrected chi connectivity index (χ1v) is 7.25. The van der Waals surface area contributed by atoms with E-state index in [0.717, 1.165) is 36.6 Å². The van der Waals surface area contributed by atoms with Crippen molar-refractivity contribution in [2.24, 2.45) is 0 Å². The van der Waals surface area contributed by atoms with E-state index in [2.05, 4.69) is 22.1 Å². The lowest BCUT2D eigenvalue weighted by atomic mass is 10.2. The zero-order valence-corrected chi connectivity index (χ0v) is 12.4. The van der Waals surface area contributed by atoms with Gasteiger partial charge in [0, 0.05) is 11.6 Å². The summed E-state index contributed by atoms with van der Waals surface area (Å²) in [6.07, 6.45) is 3.81. The van der Waals surface area contributed by atoms with E-state index >= 15 is 0 Å². The van der Waals surface area contributed by atoms with Crippen LogP contribution < -0.4 is 4.74 Å². The lowest BCUT2D eigenvalue weighted by Gasteiger charge is -2.06. The number of fused-ring (bicyclic) bond motifs is 1. The molecule has 108 valence electrons. The summed E-state index contributed by atoms with van der Waals surface area (Å²) in [6, 6.07) is 9.49. The minimum Gasteiger partial charge on any atom is -0.494 e. The Kier molecular flexibility index (Phi) is 4.01. The second-order valence-corrected chi connectivity index (χ2v) is 5.08. The van der Waals surface area contributed by atoms with E-state index in [-0.39, 0.29) is 0 Å². The molecular weight excluding hydrogens is 288 g/mol. The molecule has 0 aliphatic carbocycles. The highest BCUT2D eigenvalue weighted by atomic mass is 35.5. The molecule has 0 aliphatic rings. The van der Waals surface area contributed by atoms with Crippen LogP contribution in [0.5, 0.6) is 5.75 Å². The Bertz CT molecular complexity index is 739. The van der Waals surface area contributed by atoms with E-state index < -0.39 is 0 Å². The van der Waals surface area contributed by atoms with E-state index in [0.29, 0.717) is 10.8 Å². The van der Waals surface area contributed by atoms with E-state index in [1.807, 2.05) is 24.3 Å². The van der Waals surface area contributed by atoms with Crippen molar-refractivity contribution < 1.29 is 4.74 Å². The Hall–Kier alpha value is -2.14. The predicted octanol–water partition coefficient (Wildman–Crippen LogP) is 3.62. The van der Waals surface area contributed by atoms with Gasteiger partial charge < -0.3 is 4.74 Å². The fraction of sp³-hybridized carbons (Fsp3) is 0.267. The van der Waals surface area contributed by atoms with Gasteiger partial charge in [0.05, 0.1) is 6.61 Å². The van der Waals surface area contributed by atoms with Gasteiger partial charge in [-0.2, -0.15) is 0 Å². The van der Waals surface area contributed by atoms with Gasteiger partial charge >= 0.3 is 0 Å². The molecule has 3 aromatic rings. The minimum absolute atomic E-state index is 0.404. The van der Waals surface area contributed by atoms with Gasteiger partial charge in [-0.3, -0.25) is 4.40 Å². The number of rotatable bonds is 5. The average molecular weight is 303 g/mol. The van der Waals surface area contributed by atoms with Gasteiger partial charge in [0.15, 0.2) is 11.5 Å². The molecule has 1 aromatic carbocycles. The standard InChI is InChI=1S/C15H15ClN4O/c1-2-3-8-21-12-6-4-11(5-7-12)15-19-18-14-9-13(16)17-10-20(14)15/h4-7,9-10H,2-3,8H2,1H3. The van der Waals surface area contributed by atoms with E-state index in [1.165, 1.54) is 0 Å². The second kappa shape index (κ2) is 6.10. The second-order valence-electron chi connectivity index (χ2n) is 4.69. The highest BCUT2D eigenvalue weighted by Crippen LogP contribution is 2.22. The summed E-state index contributed by atoms with van der Waals surface area (Å²) in [4.78, 5) is 4.06. The van der Waals surface area contributed by atoms with Crippen molar-refractivity contribution in [1.82, 2.24) is 19.6 Å². The van der Waals surface area contributed by atoms with Crippen molar-refractivity contribution in [3.05, 3.63) is 41.8 Å². The van der Waals surface area contributed by atoms with Crippen molar-refractivity contribution in [3.8, 4) is 17.1 Å². The number of aromatic nitrogens is 4. The molecule has 0 amide bonds. The van der Waals surface area contributed by atoms with Gasteiger partial charge in [0.25, 0.3) is 0 Å². The number of hydrogen-bond acceptors (Lipinski definition) is 4. The fourth-order valence-corrected chi connectivity index (χ4v) is 2.15. The normalized spacial score (nSPS) is 11.0. The quantitative estimate of drug-likeness (QED) is 0.533. The first-order chi connectivity index (χ1) is 10.3. The SMILES string of the molecule is CCCCOc1ccc(-c2nnc3cc(Cl)ncn23)cc1. The fourth-order valence-electron chi connectivity index (χ4n) is 2.00. The Balaban J connectivity index is 1.85. The van der Waals surface area contributed by atoms with Crippen LogP contribution in [-0.2, 0) is 0 Å². The molecule has 6 heteroatoms. The molecule has 0 saturated heterocycles. The number of ether oxygens (including phenoxy) is 1. The van der Waals surface area contributed by atoms with Crippen molar-refractivity contribution in [2.45, 2.75) is 19.8 Å². The minimum atomic E-state index is 0.404. The van der Waals surface area contributed by atoms with Gasteiger partial charge in [-0.05, 0) is 30.7 Å². The summed E-state index contributed by atoms with van der Waals surface area (Å²) in [7, 11) is 0. The van der Waals surface area contributed by atoms with E-state index in [4.69, 9.17) is 16.3 Å². The van der Waals surface area contributed by atoms with Crippen LogP contribution in [0.3, 0.4) is 0 Å². The van der Waals surface area contributed by atoms with Gasteiger partial charge in [-0.15, -0.1) is 10.2 Å². The molecule has 0 bridgehead atoms. The Morgan fingerprint density at radius 1 is 1.19 bits per heavy atom. The third kappa shape index (κ3) is 2.97. The first-order valence-electron chi connectivity index (χ1n) is 6.87. The van der Waals surface area contributed by atoms with Crippen LogP contribution in [0.25, 0.3) is 17.0 Å². The highest BCUT2D eigenvalue weighted by molar-refractivity contribution is 6.29. The summed E-state index contributed by atoms with van der Waals surface area (Å²) >= 11 is 5.85. The molecule has 0 atom stereocenters.